The molecule has 16 heavy (non-hydrogen) atoms. The Labute approximate surface area is 120 Å². The van der Waals surface area contributed by atoms with Crippen LogP contribution in [-0.4, -0.2) is 29.3 Å². The summed E-state index contributed by atoms with van der Waals surface area (Å²) >= 11 is 14.3. The molecule has 0 bridgehead atoms. The largest absolute Gasteiger partial charge is 0.338 e. The number of piperidine rings is 1. The van der Waals surface area contributed by atoms with E-state index in [1.807, 2.05) is 11.0 Å². The van der Waals surface area contributed by atoms with Crippen LogP contribution >= 0.6 is 54.8 Å². The highest BCUT2D eigenvalue weighted by molar-refractivity contribution is 9.13. The molecule has 0 atom stereocenters. The van der Waals surface area contributed by atoms with Crippen molar-refractivity contribution >= 4 is 60.7 Å². The number of alkyl halides is 1. The van der Waals surface area contributed by atoms with E-state index in [0.717, 1.165) is 39.1 Å². The van der Waals surface area contributed by atoms with E-state index < -0.39 is 0 Å². The topological polar surface area (TPSA) is 20.3 Å². The Hall–Kier alpha value is 0.420. The second-order valence-electron chi connectivity index (χ2n) is 3.70. The molecule has 1 amide bonds. The van der Waals surface area contributed by atoms with Gasteiger partial charge in [0, 0.05) is 22.9 Å². The third-order valence-corrected chi connectivity index (χ3v) is 6.25. The van der Waals surface area contributed by atoms with Crippen LogP contribution < -0.4 is 0 Å². The highest BCUT2D eigenvalue weighted by Crippen LogP contribution is 2.33. The van der Waals surface area contributed by atoms with E-state index in [2.05, 4.69) is 31.9 Å². The molecule has 0 spiro atoms. The van der Waals surface area contributed by atoms with Crippen molar-refractivity contribution in [1.29, 1.82) is 0 Å². The number of hydrogen-bond acceptors (Lipinski definition) is 2. The molecule has 2 rings (SSSR count). The number of nitrogens with zero attached hydrogens (tertiary/aromatic N) is 1. The van der Waals surface area contributed by atoms with Crippen molar-refractivity contribution in [2.75, 3.05) is 13.1 Å². The monoisotopic (exact) mass is 385 g/mol. The second-order valence-corrected chi connectivity index (χ2v) is 7.54. The van der Waals surface area contributed by atoms with E-state index >= 15 is 0 Å². The Morgan fingerprint density at radius 2 is 2.06 bits per heavy atom. The van der Waals surface area contributed by atoms with Gasteiger partial charge in [-0.15, -0.1) is 22.9 Å². The first-order chi connectivity index (χ1) is 7.58. The summed E-state index contributed by atoms with van der Waals surface area (Å²) in [4.78, 5) is 14.8. The average Bonchev–Trinajstić information content (AvgIpc) is 2.59. The van der Waals surface area contributed by atoms with E-state index in [1.54, 1.807) is 0 Å². The summed E-state index contributed by atoms with van der Waals surface area (Å²) in [5, 5.41) is 0.228. The van der Waals surface area contributed by atoms with Crippen LogP contribution in [0.25, 0.3) is 0 Å². The third-order valence-electron chi connectivity index (χ3n) is 2.57. The Balaban J connectivity index is 2.07. The summed E-state index contributed by atoms with van der Waals surface area (Å²) in [6.07, 6.45) is 1.78. The van der Waals surface area contributed by atoms with E-state index in [9.17, 15) is 4.79 Å². The molecule has 88 valence electrons. The van der Waals surface area contributed by atoms with Crippen molar-refractivity contribution in [3.05, 3.63) is 19.2 Å². The minimum atomic E-state index is 0.111. The van der Waals surface area contributed by atoms with Crippen LogP contribution in [0.1, 0.15) is 22.5 Å². The fraction of sp³-hybridized carbons (Fsp3) is 0.500. The molecule has 0 aliphatic carbocycles. The number of hydrogen-bond donors (Lipinski definition) is 0. The zero-order valence-corrected chi connectivity index (χ0v) is 13.1. The lowest BCUT2D eigenvalue weighted by Gasteiger charge is -2.28. The van der Waals surface area contributed by atoms with Gasteiger partial charge < -0.3 is 4.90 Å². The number of carbonyl (C=O) groups is 1. The Morgan fingerprint density at radius 1 is 1.44 bits per heavy atom. The van der Waals surface area contributed by atoms with Crippen molar-refractivity contribution in [3.63, 3.8) is 0 Å². The first-order valence-electron chi connectivity index (χ1n) is 4.96. The van der Waals surface area contributed by atoms with Gasteiger partial charge >= 0.3 is 0 Å². The Kier molecular flexibility index (Phi) is 4.32. The molecule has 1 aromatic heterocycles. The first-order valence-corrected chi connectivity index (χ1v) is 7.80. The van der Waals surface area contributed by atoms with Crippen LogP contribution in [0, 0.1) is 0 Å². The van der Waals surface area contributed by atoms with Gasteiger partial charge in [0.2, 0.25) is 0 Å². The average molecular weight is 388 g/mol. The molecule has 2 heterocycles. The SMILES string of the molecule is O=C(c1cc(Br)c(Br)s1)N1CCC(Cl)CC1. The number of likely N-dealkylation sites (tertiary alicyclic amines) is 1. The number of thiophene rings is 1. The molecule has 2 nitrogen and oxygen atoms in total. The lowest BCUT2D eigenvalue weighted by molar-refractivity contribution is 0.0731. The first kappa shape index (κ1) is 12.9. The summed E-state index contributed by atoms with van der Waals surface area (Å²) in [7, 11) is 0. The molecule has 1 aliphatic heterocycles. The molecule has 1 fully saturated rings. The zero-order valence-electron chi connectivity index (χ0n) is 8.38. The normalized spacial score (nSPS) is 17.8. The van der Waals surface area contributed by atoms with Crippen molar-refractivity contribution in [3.8, 4) is 0 Å². The van der Waals surface area contributed by atoms with Crippen LogP contribution in [0.15, 0.2) is 14.3 Å². The number of rotatable bonds is 1. The van der Waals surface area contributed by atoms with E-state index in [0.29, 0.717) is 0 Å². The summed E-state index contributed by atoms with van der Waals surface area (Å²) in [6.45, 7) is 1.53. The summed E-state index contributed by atoms with van der Waals surface area (Å²) in [6, 6.07) is 1.86. The molecule has 0 N–H and O–H groups in total. The van der Waals surface area contributed by atoms with Crippen LogP contribution in [0.3, 0.4) is 0 Å². The van der Waals surface area contributed by atoms with Gasteiger partial charge in [0.1, 0.15) is 0 Å². The fourth-order valence-electron chi connectivity index (χ4n) is 1.66. The number of halogens is 3. The summed E-state index contributed by atoms with van der Waals surface area (Å²) in [5.74, 6) is 0.111. The lowest BCUT2D eigenvalue weighted by Crippen LogP contribution is -2.38. The molecule has 1 aliphatic rings. The van der Waals surface area contributed by atoms with Gasteiger partial charge in [0.25, 0.3) is 5.91 Å². The smallest absolute Gasteiger partial charge is 0.264 e. The molecule has 0 radical (unpaired) electrons. The molecule has 0 saturated carbocycles. The Morgan fingerprint density at radius 3 is 2.56 bits per heavy atom. The van der Waals surface area contributed by atoms with Gasteiger partial charge in [-0.05, 0) is 50.8 Å². The number of carbonyl (C=O) groups excluding carboxylic acids is 1. The Bertz CT molecular complexity index is 382. The minimum Gasteiger partial charge on any atom is -0.338 e. The van der Waals surface area contributed by atoms with Gasteiger partial charge in [-0.2, -0.15) is 0 Å². The zero-order chi connectivity index (χ0) is 11.7. The maximum absolute atomic E-state index is 12.1. The highest BCUT2D eigenvalue weighted by Gasteiger charge is 2.23. The second kappa shape index (κ2) is 5.38. The van der Waals surface area contributed by atoms with E-state index in [1.165, 1.54) is 11.3 Å². The molecule has 0 unspecified atom stereocenters. The quantitative estimate of drug-likeness (QED) is 0.664. The van der Waals surface area contributed by atoms with Gasteiger partial charge in [0.05, 0.1) is 8.66 Å². The van der Waals surface area contributed by atoms with Crippen LogP contribution in [-0.2, 0) is 0 Å². The molecular weight excluding hydrogens is 377 g/mol. The third kappa shape index (κ3) is 2.81. The fourth-order valence-corrected chi connectivity index (χ4v) is 3.86. The molecule has 0 aromatic carbocycles. The minimum absolute atomic E-state index is 0.111. The molecule has 1 saturated heterocycles. The van der Waals surface area contributed by atoms with Crippen molar-refractivity contribution in [2.24, 2.45) is 0 Å². The van der Waals surface area contributed by atoms with Crippen LogP contribution in [0.5, 0.6) is 0 Å². The van der Waals surface area contributed by atoms with Gasteiger partial charge in [-0.1, -0.05) is 0 Å². The predicted octanol–water partition coefficient (Wildman–Crippen LogP) is 4.12. The van der Waals surface area contributed by atoms with Crippen LogP contribution in [0.2, 0.25) is 0 Å². The van der Waals surface area contributed by atoms with Crippen LogP contribution in [0.4, 0.5) is 0 Å². The lowest BCUT2D eigenvalue weighted by atomic mass is 10.1. The standard InChI is InChI=1S/C10H10Br2ClNOS/c11-7-5-8(16-9(7)12)10(15)14-3-1-6(13)2-4-14/h5-6H,1-4H2. The maximum Gasteiger partial charge on any atom is 0.264 e. The molecule has 1 aromatic rings. The molecule has 6 heteroatoms. The highest BCUT2D eigenvalue weighted by atomic mass is 79.9. The summed E-state index contributed by atoms with van der Waals surface area (Å²) < 4.78 is 1.90. The van der Waals surface area contributed by atoms with Gasteiger partial charge in [-0.25, -0.2) is 0 Å². The summed E-state index contributed by atoms with van der Waals surface area (Å²) in [5.41, 5.74) is 0. The van der Waals surface area contributed by atoms with Crippen molar-refractivity contribution in [2.45, 2.75) is 18.2 Å². The molecular formula is C10H10Br2ClNOS. The van der Waals surface area contributed by atoms with Gasteiger partial charge in [0.15, 0.2) is 0 Å². The van der Waals surface area contributed by atoms with E-state index in [-0.39, 0.29) is 11.3 Å². The number of amides is 1. The predicted molar refractivity (Wildman–Crippen MR) is 74.5 cm³/mol. The van der Waals surface area contributed by atoms with Crippen molar-refractivity contribution in [1.82, 2.24) is 4.90 Å². The van der Waals surface area contributed by atoms with Gasteiger partial charge in [-0.3, -0.25) is 4.79 Å². The van der Waals surface area contributed by atoms with E-state index in [4.69, 9.17) is 11.6 Å². The maximum atomic E-state index is 12.1. The van der Waals surface area contributed by atoms with Crippen molar-refractivity contribution < 1.29 is 4.79 Å².